The fourth-order valence-electron chi connectivity index (χ4n) is 1.37. The maximum atomic E-state index is 10.4. The van der Waals surface area contributed by atoms with Crippen LogP contribution in [-0.4, -0.2) is 32.4 Å². The Morgan fingerprint density at radius 2 is 1.67 bits per heavy atom. The second kappa shape index (κ2) is 8.02. The van der Waals surface area contributed by atoms with Gasteiger partial charge in [-0.2, -0.15) is 0 Å². The van der Waals surface area contributed by atoms with E-state index in [-0.39, 0.29) is 31.0 Å². The van der Waals surface area contributed by atoms with Crippen LogP contribution in [-0.2, 0) is 4.79 Å². The summed E-state index contributed by atoms with van der Waals surface area (Å²) in [5.74, 6) is 0.426. The predicted molar refractivity (Wildman–Crippen MR) is 63.9 cm³/mol. The van der Waals surface area contributed by atoms with E-state index >= 15 is 0 Å². The van der Waals surface area contributed by atoms with Crippen molar-refractivity contribution in [1.29, 1.82) is 0 Å². The van der Waals surface area contributed by atoms with Crippen LogP contribution in [0.2, 0.25) is 0 Å². The fourth-order valence-corrected chi connectivity index (χ4v) is 1.37. The van der Waals surface area contributed by atoms with Crippen molar-refractivity contribution in [2.24, 2.45) is 0 Å². The van der Waals surface area contributed by atoms with Crippen LogP contribution in [0.1, 0.15) is 6.99 Å². The first kappa shape index (κ1) is 16.8. The summed E-state index contributed by atoms with van der Waals surface area (Å²) in [4.78, 5) is 10.4. The number of ether oxygens (including phenoxy) is 3. The van der Waals surface area contributed by atoms with E-state index < -0.39 is 5.97 Å². The monoisotopic (exact) mass is 262 g/mol. The second-order valence-corrected chi connectivity index (χ2v) is 3.13. The molecule has 18 heavy (non-hydrogen) atoms. The molecule has 1 aromatic rings. The summed E-state index contributed by atoms with van der Waals surface area (Å²) in [6.07, 6.45) is 2.49. The molecule has 5 nitrogen and oxygen atoms in total. The van der Waals surface area contributed by atoms with Gasteiger partial charge in [0, 0.05) is 6.08 Å². The van der Waals surface area contributed by atoms with E-state index in [0.717, 1.165) is 6.08 Å². The molecule has 0 aliphatic heterocycles. The van der Waals surface area contributed by atoms with Crippen LogP contribution in [0.3, 0.4) is 0 Å². The molecule has 1 N–H and O–H groups in total. The molecule has 1 aromatic carbocycles. The Kier molecular flexibility index (Phi) is 7.50. The zero-order valence-corrected chi connectivity index (χ0v) is 12.9. The first-order chi connectivity index (χ1) is 8.12. The minimum Gasteiger partial charge on any atom is -1.00 e. The van der Waals surface area contributed by atoms with Crippen molar-refractivity contribution >= 4 is 12.0 Å². The third-order valence-corrected chi connectivity index (χ3v) is 2.11. The molecule has 0 atom stereocenters. The van der Waals surface area contributed by atoms with Crippen molar-refractivity contribution in [2.45, 2.75) is 0 Å². The number of carboxylic acid groups (broad SMARTS) is 1. The van der Waals surface area contributed by atoms with Gasteiger partial charge >= 0.3 is 35.5 Å². The zero-order chi connectivity index (χ0) is 12.8. The smallest absolute Gasteiger partial charge is 1.00 e. The van der Waals surface area contributed by atoms with Gasteiger partial charge in [-0.15, -0.1) is 0 Å². The van der Waals surface area contributed by atoms with E-state index in [1.165, 1.54) is 27.4 Å². The Bertz CT molecular complexity index is 423. The van der Waals surface area contributed by atoms with Gasteiger partial charge in [0.25, 0.3) is 0 Å². The predicted octanol–water partition coefficient (Wildman–Crippen LogP) is -1.07. The first-order valence-electron chi connectivity index (χ1n) is 4.83. The minimum atomic E-state index is -1.02. The molecular formula is C12H15NaO5. The quantitative estimate of drug-likeness (QED) is 0.540. The van der Waals surface area contributed by atoms with Crippen LogP contribution in [0.5, 0.6) is 17.2 Å². The molecule has 0 amide bonds. The van der Waals surface area contributed by atoms with Crippen molar-refractivity contribution in [2.75, 3.05) is 21.3 Å². The summed E-state index contributed by atoms with van der Waals surface area (Å²) in [5, 5.41) is 8.55. The van der Waals surface area contributed by atoms with E-state index in [1.54, 1.807) is 12.1 Å². The largest absolute Gasteiger partial charge is 1.00 e. The molecule has 0 unspecified atom stereocenters. The summed E-state index contributed by atoms with van der Waals surface area (Å²) in [7, 11) is 4.51. The number of aliphatic carboxylic acids is 1. The van der Waals surface area contributed by atoms with E-state index in [1.807, 2.05) is 0 Å². The summed E-state index contributed by atoms with van der Waals surface area (Å²) in [6.45, 7) is 0. The number of carbonyl (C=O) groups is 1. The molecule has 0 bridgehead atoms. The topological polar surface area (TPSA) is 65.0 Å². The van der Waals surface area contributed by atoms with Gasteiger partial charge in [-0.05, 0) is 23.8 Å². The zero-order valence-electron chi connectivity index (χ0n) is 11.9. The van der Waals surface area contributed by atoms with Gasteiger partial charge in [0.1, 0.15) is 0 Å². The maximum Gasteiger partial charge on any atom is 1.00 e. The van der Waals surface area contributed by atoms with Gasteiger partial charge < -0.3 is 20.7 Å². The fraction of sp³-hybridized carbons (Fsp3) is 0.250. The van der Waals surface area contributed by atoms with E-state index in [0.29, 0.717) is 22.8 Å². The number of rotatable bonds is 5. The maximum absolute atomic E-state index is 10.4. The molecule has 0 spiro atoms. The third-order valence-electron chi connectivity index (χ3n) is 2.11. The SMILES string of the molecule is COc1cc(/C=C/C(=O)O)cc(OC)c1OC.[H-].[Na+]. The van der Waals surface area contributed by atoms with Crippen LogP contribution in [0, 0.1) is 0 Å². The van der Waals surface area contributed by atoms with Crippen molar-refractivity contribution in [3.8, 4) is 17.2 Å². The van der Waals surface area contributed by atoms with E-state index in [2.05, 4.69) is 0 Å². The number of hydrogen-bond acceptors (Lipinski definition) is 4. The van der Waals surface area contributed by atoms with Gasteiger partial charge in [-0.1, -0.05) is 0 Å². The van der Waals surface area contributed by atoms with Crippen LogP contribution < -0.4 is 43.8 Å². The molecule has 0 aliphatic rings. The third kappa shape index (κ3) is 4.25. The molecule has 94 valence electrons. The van der Waals surface area contributed by atoms with Gasteiger partial charge in [0.05, 0.1) is 21.3 Å². The molecule has 0 radical (unpaired) electrons. The van der Waals surface area contributed by atoms with Gasteiger partial charge in [-0.3, -0.25) is 0 Å². The number of methoxy groups -OCH3 is 3. The molecule has 0 aromatic heterocycles. The van der Waals surface area contributed by atoms with Crippen LogP contribution in [0.4, 0.5) is 0 Å². The van der Waals surface area contributed by atoms with Crippen molar-refractivity contribution in [3.05, 3.63) is 23.8 Å². The Morgan fingerprint density at radius 1 is 1.17 bits per heavy atom. The molecule has 6 heteroatoms. The standard InChI is InChI=1S/C12H14O5.Na.H/c1-15-9-6-8(4-5-11(13)14)7-10(16-2)12(9)17-3;;/h4-7H,1-3H3,(H,13,14);;/q;+1;-1/b5-4+;;. The van der Waals surface area contributed by atoms with Gasteiger partial charge in [0.15, 0.2) is 11.5 Å². The summed E-state index contributed by atoms with van der Waals surface area (Å²) in [5.41, 5.74) is 0.655. The van der Waals surface area contributed by atoms with Crippen molar-refractivity contribution < 1.29 is 55.1 Å². The average Bonchev–Trinajstić information content (AvgIpc) is 2.34. The first-order valence-corrected chi connectivity index (χ1v) is 4.83. The minimum absolute atomic E-state index is 0. The second-order valence-electron chi connectivity index (χ2n) is 3.13. The van der Waals surface area contributed by atoms with Crippen LogP contribution >= 0.6 is 0 Å². The molecule has 1 rings (SSSR count). The number of carboxylic acids is 1. The summed E-state index contributed by atoms with van der Waals surface area (Å²) in [6, 6.07) is 3.33. The Labute approximate surface area is 129 Å². The van der Waals surface area contributed by atoms with Crippen LogP contribution in [0.15, 0.2) is 18.2 Å². The molecule has 0 fully saturated rings. The van der Waals surface area contributed by atoms with Crippen molar-refractivity contribution in [3.63, 3.8) is 0 Å². The molecule has 0 heterocycles. The van der Waals surface area contributed by atoms with E-state index in [9.17, 15) is 4.79 Å². The van der Waals surface area contributed by atoms with Crippen LogP contribution in [0.25, 0.3) is 6.08 Å². The van der Waals surface area contributed by atoms with Crippen molar-refractivity contribution in [1.82, 2.24) is 0 Å². The van der Waals surface area contributed by atoms with Gasteiger partial charge in [-0.25, -0.2) is 4.79 Å². The Hall–Kier alpha value is -1.17. The number of benzene rings is 1. The van der Waals surface area contributed by atoms with Gasteiger partial charge in [0.2, 0.25) is 5.75 Å². The molecule has 0 saturated heterocycles. The average molecular weight is 262 g/mol. The van der Waals surface area contributed by atoms with E-state index in [4.69, 9.17) is 19.3 Å². The summed E-state index contributed by atoms with van der Waals surface area (Å²) >= 11 is 0. The summed E-state index contributed by atoms with van der Waals surface area (Å²) < 4.78 is 15.4. The molecular weight excluding hydrogens is 247 g/mol. The Morgan fingerprint density at radius 3 is 2.00 bits per heavy atom. The molecule has 0 aliphatic carbocycles. The molecule has 0 saturated carbocycles. The number of hydrogen-bond donors (Lipinski definition) is 1. The normalized spacial score (nSPS) is 9.72. The Balaban J connectivity index is 0.